The summed E-state index contributed by atoms with van der Waals surface area (Å²) in [5.74, 6) is -0.279. The van der Waals surface area contributed by atoms with Crippen molar-refractivity contribution in [2.75, 3.05) is 11.4 Å². The van der Waals surface area contributed by atoms with Crippen LogP contribution in [0.25, 0.3) is 10.9 Å². The fourth-order valence-corrected chi connectivity index (χ4v) is 2.09. The summed E-state index contributed by atoms with van der Waals surface area (Å²) in [5.41, 5.74) is 1.65. The minimum Gasteiger partial charge on any atom is -0.296 e. The van der Waals surface area contributed by atoms with Gasteiger partial charge in [-0.3, -0.25) is 24.9 Å². The smallest absolute Gasteiger partial charge is 0.296 e. The monoisotopic (exact) mass is 258 g/mol. The highest BCUT2D eigenvalue weighted by atomic mass is 16.2. The number of aldehydes is 1. The van der Waals surface area contributed by atoms with Gasteiger partial charge in [0.2, 0.25) is 5.91 Å². The predicted octanol–water partition coefficient (Wildman–Crippen LogP) is 0.822. The number of urea groups is 1. The van der Waals surface area contributed by atoms with Gasteiger partial charge in [-0.05, 0) is 18.2 Å². The normalized spacial score (nSPS) is 15.7. The Kier molecular flexibility index (Phi) is 2.52. The van der Waals surface area contributed by atoms with E-state index in [2.05, 4.69) is 15.5 Å². The number of anilines is 1. The molecule has 1 aliphatic heterocycles. The number of amides is 3. The highest BCUT2D eigenvalue weighted by Crippen LogP contribution is 2.24. The molecule has 1 saturated heterocycles. The van der Waals surface area contributed by atoms with Crippen molar-refractivity contribution in [1.29, 1.82) is 0 Å². The average Bonchev–Trinajstić information content (AvgIpc) is 2.80. The number of nitrogens with zero attached hydrogens (tertiary/aromatic N) is 2. The Morgan fingerprint density at radius 1 is 1.32 bits per heavy atom. The van der Waals surface area contributed by atoms with Crippen molar-refractivity contribution in [1.82, 2.24) is 15.5 Å². The van der Waals surface area contributed by atoms with Crippen LogP contribution < -0.4 is 10.2 Å². The highest BCUT2D eigenvalue weighted by molar-refractivity contribution is 6.07. The number of rotatable bonds is 2. The molecule has 7 nitrogen and oxygen atoms in total. The van der Waals surface area contributed by atoms with E-state index < -0.39 is 6.03 Å². The van der Waals surface area contributed by atoms with Crippen LogP contribution >= 0.6 is 0 Å². The fraction of sp³-hybridized carbons (Fsp3) is 0.167. The number of fused-ring (bicyclic) bond motifs is 1. The third kappa shape index (κ3) is 1.85. The molecule has 19 heavy (non-hydrogen) atoms. The van der Waals surface area contributed by atoms with Gasteiger partial charge in [0.25, 0.3) is 0 Å². The Bertz CT molecular complexity index is 691. The molecule has 3 amide bonds. The van der Waals surface area contributed by atoms with E-state index in [1.54, 1.807) is 18.2 Å². The SMILES string of the molecule is O=Cc1[nH]nc2ccc(N3CCC(=O)NC3=O)cc12. The van der Waals surface area contributed by atoms with Crippen LogP contribution in [-0.2, 0) is 4.79 Å². The minimum atomic E-state index is -0.452. The summed E-state index contributed by atoms with van der Waals surface area (Å²) in [4.78, 5) is 35.2. The number of aromatic nitrogens is 2. The topological polar surface area (TPSA) is 95.2 Å². The Morgan fingerprint density at radius 2 is 2.16 bits per heavy atom. The van der Waals surface area contributed by atoms with Crippen molar-refractivity contribution < 1.29 is 14.4 Å². The quantitative estimate of drug-likeness (QED) is 0.779. The summed E-state index contributed by atoms with van der Waals surface area (Å²) in [7, 11) is 0. The summed E-state index contributed by atoms with van der Waals surface area (Å²) in [6.45, 7) is 0.324. The maximum Gasteiger partial charge on any atom is 0.328 e. The standard InChI is InChI=1S/C12H10N4O3/c17-6-10-8-5-7(1-2-9(8)14-15-10)16-4-3-11(18)13-12(16)19/h1-2,5-6H,3-4H2,(H,14,15)(H,13,18,19). The Morgan fingerprint density at radius 3 is 2.89 bits per heavy atom. The van der Waals surface area contributed by atoms with Crippen LogP contribution in [0, 0.1) is 0 Å². The van der Waals surface area contributed by atoms with Crippen LogP contribution in [0.5, 0.6) is 0 Å². The van der Waals surface area contributed by atoms with E-state index in [4.69, 9.17) is 0 Å². The first kappa shape index (κ1) is 11.4. The maximum atomic E-state index is 11.7. The molecule has 96 valence electrons. The minimum absolute atomic E-state index is 0.260. The zero-order valence-corrected chi connectivity index (χ0v) is 9.84. The zero-order chi connectivity index (χ0) is 13.4. The van der Waals surface area contributed by atoms with Crippen LogP contribution in [0.15, 0.2) is 18.2 Å². The van der Waals surface area contributed by atoms with Gasteiger partial charge in [0.15, 0.2) is 6.29 Å². The van der Waals surface area contributed by atoms with E-state index in [1.807, 2.05) is 0 Å². The number of hydrogen-bond acceptors (Lipinski definition) is 4. The number of carbonyl (C=O) groups excluding carboxylic acids is 3. The van der Waals surface area contributed by atoms with Crippen LogP contribution in [-0.4, -0.2) is 35.0 Å². The van der Waals surface area contributed by atoms with Gasteiger partial charge in [0, 0.05) is 24.0 Å². The van der Waals surface area contributed by atoms with Gasteiger partial charge in [0.1, 0.15) is 5.69 Å². The molecule has 0 saturated carbocycles. The molecular weight excluding hydrogens is 248 g/mol. The molecule has 1 fully saturated rings. The Balaban J connectivity index is 2.03. The number of benzene rings is 1. The van der Waals surface area contributed by atoms with E-state index in [1.165, 1.54) is 4.90 Å². The van der Waals surface area contributed by atoms with Crippen molar-refractivity contribution in [3.05, 3.63) is 23.9 Å². The van der Waals surface area contributed by atoms with Crippen LogP contribution in [0.4, 0.5) is 10.5 Å². The second-order valence-electron chi connectivity index (χ2n) is 4.21. The van der Waals surface area contributed by atoms with E-state index in [9.17, 15) is 14.4 Å². The van der Waals surface area contributed by atoms with Gasteiger partial charge in [-0.25, -0.2) is 4.79 Å². The number of imide groups is 1. The number of nitrogens with one attached hydrogen (secondary N) is 2. The third-order valence-electron chi connectivity index (χ3n) is 3.05. The maximum absolute atomic E-state index is 11.7. The molecular formula is C12H10N4O3. The molecule has 1 aromatic heterocycles. The van der Waals surface area contributed by atoms with E-state index in [-0.39, 0.29) is 12.3 Å². The second-order valence-corrected chi connectivity index (χ2v) is 4.21. The Labute approximate surface area is 107 Å². The van der Waals surface area contributed by atoms with E-state index in [0.29, 0.717) is 35.1 Å². The molecule has 2 N–H and O–H groups in total. The van der Waals surface area contributed by atoms with Crippen molar-refractivity contribution in [3.8, 4) is 0 Å². The Hall–Kier alpha value is -2.70. The van der Waals surface area contributed by atoms with Gasteiger partial charge in [-0.15, -0.1) is 0 Å². The summed E-state index contributed by atoms with van der Waals surface area (Å²) >= 11 is 0. The van der Waals surface area contributed by atoms with Crippen molar-refractivity contribution in [2.24, 2.45) is 0 Å². The van der Waals surface area contributed by atoms with Crippen LogP contribution in [0.1, 0.15) is 16.9 Å². The zero-order valence-electron chi connectivity index (χ0n) is 9.84. The largest absolute Gasteiger partial charge is 0.328 e. The first-order valence-corrected chi connectivity index (χ1v) is 5.73. The molecule has 1 aromatic carbocycles. The molecule has 3 rings (SSSR count). The molecule has 0 radical (unpaired) electrons. The summed E-state index contributed by atoms with van der Waals surface area (Å²) < 4.78 is 0. The molecule has 0 atom stereocenters. The highest BCUT2D eigenvalue weighted by Gasteiger charge is 2.24. The fourth-order valence-electron chi connectivity index (χ4n) is 2.09. The first-order chi connectivity index (χ1) is 9.19. The van der Waals surface area contributed by atoms with Crippen molar-refractivity contribution in [3.63, 3.8) is 0 Å². The second kappa shape index (κ2) is 4.20. The summed E-state index contributed by atoms with van der Waals surface area (Å²) in [6.07, 6.45) is 0.939. The van der Waals surface area contributed by atoms with Crippen molar-refractivity contribution in [2.45, 2.75) is 6.42 Å². The molecule has 0 bridgehead atoms. The third-order valence-corrected chi connectivity index (χ3v) is 3.05. The van der Waals surface area contributed by atoms with Gasteiger partial charge < -0.3 is 0 Å². The number of carbonyl (C=O) groups is 3. The molecule has 7 heteroatoms. The lowest BCUT2D eigenvalue weighted by atomic mass is 10.1. The summed E-state index contributed by atoms with van der Waals surface area (Å²) in [6, 6.07) is 4.70. The van der Waals surface area contributed by atoms with E-state index >= 15 is 0 Å². The number of H-pyrrole nitrogens is 1. The van der Waals surface area contributed by atoms with Crippen molar-refractivity contribution >= 4 is 34.8 Å². The van der Waals surface area contributed by atoms with Gasteiger partial charge >= 0.3 is 6.03 Å². The molecule has 2 aromatic rings. The predicted molar refractivity (Wildman–Crippen MR) is 67.0 cm³/mol. The molecule has 1 aliphatic rings. The van der Waals surface area contributed by atoms with Gasteiger partial charge in [-0.2, -0.15) is 5.10 Å². The van der Waals surface area contributed by atoms with E-state index in [0.717, 1.165) is 0 Å². The molecule has 0 unspecified atom stereocenters. The van der Waals surface area contributed by atoms with Crippen LogP contribution in [0.3, 0.4) is 0 Å². The lowest BCUT2D eigenvalue weighted by Crippen LogP contribution is -2.49. The lowest BCUT2D eigenvalue weighted by Gasteiger charge is -2.26. The number of aromatic amines is 1. The summed E-state index contributed by atoms with van der Waals surface area (Å²) in [5, 5.41) is 9.50. The average molecular weight is 258 g/mol. The lowest BCUT2D eigenvalue weighted by molar-refractivity contribution is -0.120. The number of hydrogen-bond donors (Lipinski definition) is 2. The van der Waals surface area contributed by atoms with Gasteiger partial charge in [-0.1, -0.05) is 0 Å². The van der Waals surface area contributed by atoms with Crippen LogP contribution in [0.2, 0.25) is 0 Å². The van der Waals surface area contributed by atoms with Gasteiger partial charge in [0.05, 0.1) is 5.52 Å². The molecule has 0 aliphatic carbocycles. The first-order valence-electron chi connectivity index (χ1n) is 5.73. The molecule has 0 spiro atoms. The molecule has 2 heterocycles.